The molecule has 1 saturated carbocycles. The number of hydrogen-bond donors (Lipinski definition) is 2. The molecule has 0 radical (unpaired) electrons. The average Bonchev–Trinajstić information content (AvgIpc) is 2.79. The van der Waals surface area contributed by atoms with Gasteiger partial charge in [0.05, 0.1) is 11.6 Å². The third-order valence-electron chi connectivity index (χ3n) is 4.58. The van der Waals surface area contributed by atoms with Crippen LogP contribution in [0, 0.1) is 5.92 Å². The van der Waals surface area contributed by atoms with Gasteiger partial charge in [0, 0.05) is 32.4 Å². The van der Waals surface area contributed by atoms with Gasteiger partial charge in [-0.25, -0.2) is 4.79 Å². The van der Waals surface area contributed by atoms with Gasteiger partial charge in [-0.3, -0.25) is 0 Å². The van der Waals surface area contributed by atoms with Crippen LogP contribution in [0.5, 0.6) is 0 Å². The minimum Gasteiger partial charge on any atom is -0.396 e. The fourth-order valence-corrected chi connectivity index (χ4v) is 3.35. The molecule has 124 valence electrons. The Hall–Kier alpha value is -0.910. The number of hydrogen-bond acceptors (Lipinski definition) is 2. The van der Waals surface area contributed by atoms with Crippen LogP contribution >= 0.6 is 23.2 Å². The number of carbonyl (C=O) groups is 1. The van der Waals surface area contributed by atoms with Crippen molar-refractivity contribution in [3.63, 3.8) is 0 Å². The highest BCUT2D eigenvalue weighted by Gasteiger charge is 2.26. The summed E-state index contributed by atoms with van der Waals surface area (Å²) in [7, 11) is 3.64. The Labute approximate surface area is 141 Å². The molecular formula is C15H23Cl2N3O2. The molecule has 1 aromatic heterocycles. The van der Waals surface area contributed by atoms with E-state index in [2.05, 4.69) is 5.32 Å². The van der Waals surface area contributed by atoms with E-state index >= 15 is 0 Å². The molecule has 0 aromatic carbocycles. The number of aliphatic hydroxyl groups excluding tert-OH is 1. The van der Waals surface area contributed by atoms with E-state index in [1.807, 2.05) is 14.1 Å². The molecule has 0 atom stereocenters. The van der Waals surface area contributed by atoms with Crippen LogP contribution in [-0.4, -0.2) is 40.3 Å². The van der Waals surface area contributed by atoms with E-state index in [9.17, 15) is 4.79 Å². The van der Waals surface area contributed by atoms with Crippen LogP contribution in [0.3, 0.4) is 0 Å². The number of amides is 2. The van der Waals surface area contributed by atoms with Crippen molar-refractivity contribution in [1.29, 1.82) is 0 Å². The Morgan fingerprint density at radius 2 is 2.05 bits per heavy atom. The molecule has 1 aromatic rings. The van der Waals surface area contributed by atoms with Crippen LogP contribution in [0.25, 0.3) is 0 Å². The van der Waals surface area contributed by atoms with Gasteiger partial charge in [-0.1, -0.05) is 23.2 Å². The average molecular weight is 348 g/mol. The van der Waals surface area contributed by atoms with Gasteiger partial charge < -0.3 is 19.9 Å². The fraction of sp³-hybridized carbons (Fsp3) is 0.667. The lowest BCUT2D eigenvalue weighted by molar-refractivity contribution is 0.134. The summed E-state index contributed by atoms with van der Waals surface area (Å²) in [6.07, 6.45) is 3.83. The molecular weight excluding hydrogens is 325 g/mol. The van der Waals surface area contributed by atoms with Crippen molar-refractivity contribution in [2.24, 2.45) is 13.0 Å². The predicted octanol–water partition coefficient (Wildman–Crippen LogP) is 3.02. The van der Waals surface area contributed by atoms with E-state index in [1.54, 1.807) is 15.5 Å². The van der Waals surface area contributed by atoms with Crippen LogP contribution < -0.4 is 5.32 Å². The van der Waals surface area contributed by atoms with Crippen molar-refractivity contribution in [3.05, 3.63) is 21.9 Å². The molecule has 1 aliphatic carbocycles. The first-order valence-electron chi connectivity index (χ1n) is 7.55. The molecule has 0 unspecified atom stereocenters. The summed E-state index contributed by atoms with van der Waals surface area (Å²) in [5, 5.41) is 13.0. The molecule has 2 amide bonds. The van der Waals surface area contributed by atoms with Crippen LogP contribution in [-0.2, 0) is 13.6 Å². The lowest BCUT2D eigenvalue weighted by Crippen LogP contribution is -2.45. The van der Waals surface area contributed by atoms with Gasteiger partial charge in [0.25, 0.3) is 0 Å². The second-order valence-corrected chi connectivity index (χ2v) is 6.73. The van der Waals surface area contributed by atoms with Gasteiger partial charge in [-0.05, 0) is 37.7 Å². The van der Waals surface area contributed by atoms with E-state index in [0.717, 1.165) is 31.4 Å². The quantitative estimate of drug-likeness (QED) is 0.879. The van der Waals surface area contributed by atoms with Gasteiger partial charge in [0.1, 0.15) is 5.15 Å². The topological polar surface area (TPSA) is 57.5 Å². The molecule has 0 bridgehead atoms. The molecule has 2 rings (SSSR count). The minimum absolute atomic E-state index is 0.0964. The first-order valence-corrected chi connectivity index (χ1v) is 8.30. The Morgan fingerprint density at radius 1 is 1.41 bits per heavy atom. The van der Waals surface area contributed by atoms with E-state index < -0.39 is 0 Å². The highest BCUT2D eigenvalue weighted by molar-refractivity contribution is 6.41. The molecule has 7 heteroatoms. The van der Waals surface area contributed by atoms with E-state index in [1.165, 1.54) is 0 Å². The molecule has 0 spiro atoms. The second-order valence-electron chi connectivity index (χ2n) is 5.96. The molecule has 22 heavy (non-hydrogen) atoms. The second kappa shape index (κ2) is 7.57. The number of nitrogens with zero attached hydrogens (tertiary/aromatic N) is 2. The third kappa shape index (κ3) is 3.89. The molecule has 5 nitrogen and oxygen atoms in total. The summed E-state index contributed by atoms with van der Waals surface area (Å²) >= 11 is 12.0. The minimum atomic E-state index is -0.0964. The van der Waals surface area contributed by atoms with Crippen LogP contribution in [0.2, 0.25) is 10.2 Å². The highest BCUT2D eigenvalue weighted by Crippen LogP contribution is 2.27. The Bertz CT molecular complexity index is 525. The normalized spacial score (nSPS) is 21.7. The number of aromatic nitrogens is 1. The number of nitrogens with one attached hydrogen (secondary N) is 1. The smallest absolute Gasteiger partial charge is 0.317 e. The van der Waals surface area contributed by atoms with E-state index in [0.29, 0.717) is 22.6 Å². The van der Waals surface area contributed by atoms with Crippen molar-refractivity contribution >= 4 is 29.2 Å². The Balaban J connectivity index is 1.85. The molecule has 1 aliphatic rings. The summed E-state index contributed by atoms with van der Waals surface area (Å²) in [5.74, 6) is 0.389. The van der Waals surface area contributed by atoms with Gasteiger partial charge in [0.2, 0.25) is 0 Å². The van der Waals surface area contributed by atoms with Gasteiger partial charge >= 0.3 is 6.03 Å². The highest BCUT2D eigenvalue weighted by atomic mass is 35.5. The summed E-state index contributed by atoms with van der Waals surface area (Å²) in [6.45, 7) is 0.635. The zero-order valence-electron chi connectivity index (χ0n) is 13.0. The van der Waals surface area contributed by atoms with Gasteiger partial charge in [0.15, 0.2) is 0 Å². The third-order valence-corrected chi connectivity index (χ3v) is 5.42. The first kappa shape index (κ1) is 17.4. The molecule has 1 fully saturated rings. The zero-order chi connectivity index (χ0) is 16.3. The van der Waals surface area contributed by atoms with Crippen LogP contribution in [0.4, 0.5) is 4.79 Å². The molecule has 0 aliphatic heterocycles. The van der Waals surface area contributed by atoms with Gasteiger partial charge in [-0.2, -0.15) is 0 Å². The van der Waals surface area contributed by atoms with Gasteiger partial charge in [-0.15, -0.1) is 0 Å². The molecule has 0 saturated heterocycles. The van der Waals surface area contributed by atoms with Crippen molar-refractivity contribution in [1.82, 2.24) is 14.8 Å². The predicted molar refractivity (Wildman–Crippen MR) is 88.3 cm³/mol. The summed E-state index contributed by atoms with van der Waals surface area (Å²) in [4.78, 5) is 14.0. The number of aliphatic hydroxyl groups is 1. The maximum Gasteiger partial charge on any atom is 0.317 e. The SMILES string of the molecule is CN(C(=O)NCc1cc(Cl)c(Cl)n1C)C1CCC(CO)CC1. The van der Waals surface area contributed by atoms with Crippen molar-refractivity contribution < 1.29 is 9.90 Å². The fourth-order valence-electron chi connectivity index (χ4n) is 2.93. The summed E-state index contributed by atoms with van der Waals surface area (Å²) < 4.78 is 1.76. The Morgan fingerprint density at radius 3 is 2.55 bits per heavy atom. The number of carbonyl (C=O) groups excluding carboxylic acids is 1. The summed E-state index contributed by atoms with van der Waals surface area (Å²) in [6, 6.07) is 1.90. The van der Waals surface area contributed by atoms with Crippen molar-refractivity contribution in [2.75, 3.05) is 13.7 Å². The van der Waals surface area contributed by atoms with E-state index in [4.69, 9.17) is 28.3 Å². The zero-order valence-corrected chi connectivity index (χ0v) is 14.5. The number of halogens is 2. The van der Waals surface area contributed by atoms with Crippen molar-refractivity contribution in [2.45, 2.75) is 38.3 Å². The van der Waals surface area contributed by atoms with E-state index in [-0.39, 0.29) is 18.7 Å². The number of rotatable bonds is 4. The lowest BCUT2D eigenvalue weighted by atomic mass is 9.86. The monoisotopic (exact) mass is 347 g/mol. The first-order chi connectivity index (χ1) is 10.4. The van der Waals surface area contributed by atoms with Crippen LogP contribution in [0.15, 0.2) is 6.07 Å². The largest absolute Gasteiger partial charge is 0.396 e. The standard InChI is InChI=1S/C15H23Cl2N3O2/c1-19-12(7-13(16)14(19)17)8-18-15(22)20(2)11-5-3-10(9-21)4-6-11/h7,10-11,21H,3-6,8-9H2,1-2H3,(H,18,22). The molecule has 2 N–H and O–H groups in total. The maximum absolute atomic E-state index is 12.3. The van der Waals surface area contributed by atoms with Crippen molar-refractivity contribution in [3.8, 4) is 0 Å². The number of urea groups is 1. The Kier molecular flexibility index (Phi) is 6.01. The lowest BCUT2D eigenvalue weighted by Gasteiger charge is -2.34. The molecule has 1 heterocycles. The maximum atomic E-state index is 12.3. The van der Waals surface area contributed by atoms with Crippen LogP contribution in [0.1, 0.15) is 31.4 Å². The summed E-state index contributed by atoms with van der Waals surface area (Å²) in [5.41, 5.74) is 0.862.